The van der Waals surface area contributed by atoms with Gasteiger partial charge in [0.25, 0.3) is 0 Å². The lowest BCUT2D eigenvalue weighted by atomic mass is 9.89. The molecule has 0 radical (unpaired) electrons. The first-order chi connectivity index (χ1) is 20.1. The Bertz CT molecular complexity index is 1030. The molecular formula is C30H50N8O4. The van der Waals surface area contributed by atoms with Gasteiger partial charge in [-0.3, -0.25) is 24.2 Å². The van der Waals surface area contributed by atoms with E-state index in [1.807, 2.05) is 30.3 Å². The Morgan fingerprint density at radius 3 is 2.14 bits per heavy atom. The Labute approximate surface area is 249 Å². The molecule has 0 unspecified atom stereocenters. The topological polar surface area (TPSA) is 235 Å². The number of nitrogens with one attached hydrogen (secondary N) is 2. The monoisotopic (exact) mass is 586 g/mol. The van der Waals surface area contributed by atoms with Crippen LogP contribution in [-0.4, -0.2) is 60.7 Å². The minimum Gasteiger partial charge on any atom is -0.370 e. The number of ketones is 1. The number of nitrogens with two attached hydrogens (primary N) is 5. The van der Waals surface area contributed by atoms with E-state index in [9.17, 15) is 19.2 Å². The quantitative estimate of drug-likeness (QED) is 0.0638. The Morgan fingerprint density at radius 1 is 0.881 bits per heavy atom. The molecule has 1 aromatic rings. The van der Waals surface area contributed by atoms with Crippen LogP contribution < -0.4 is 39.3 Å². The predicted octanol–water partition coefficient (Wildman–Crippen LogP) is 0.350. The second-order valence-electron chi connectivity index (χ2n) is 11.3. The molecule has 12 heteroatoms. The second-order valence-corrected chi connectivity index (χ2v) is 11.3. The molecule has 1 aliphatic rings. The maximum absolute atomic E-state index is 13.7. The summed E-state index contributed by atoms with van der Waals surface area (Å²) < 4.78 is 0. The Morgan fingerprint density at radius 2 is 1.52 bits per heavy atom. The average Bonchev–Trinajstić information content (AvgIpc) is 3.47. The van der Waals surface area contributed by atoms with E-state index in [4.69, 9.17) is 28.7 Å². The van der Waals surface area contributed by atoms with Gasteiger partial charge in [-0.15, -0.1) is 0 Å². The smallest absolute Gasteiger partial charge is 0.239 e. The zero-order chi connectivity index (χ0) is 30.9. The number of nitrogens with zero attached hydrogens (tertiary/aromatic N) is 1. The zero-order valence-electron chi connectivity index (χ0n) is 24.6. The summed E-state index contributed by atoms with van der Waals surface area (Å²) in [6.45, 7) is 0.748. The number of primary amides is 1. The number of guanidine groups is 1. The van der Waals surface area contributed by atoms with E-state index in [1.54, 1.807) is 0 Å². The summed E-state index contributed by atoms with van der Waals surface area (Å²) in [4.78, 5) is 56.2. The van der Waals surface area contributed by atoms with E-state index in [-0.39, 0.29) is 43.5 Å². The lowest BCUT2D eigenvalue weighted by Crippen LogP contribution is -2.50. The summed E-state index contributed by atoms with van der Waals surface area (Å²) in [5, 5.41) is 5.58. The Kier molecular flexibility index (Phi) is 15.6. The predicted molar refractivity (Wildman–Crippen MR) is 164 cm³/mol. The standard InChI is InChI=1S/C30H50N8O4/c31-15-7-6-13-25(27(33)40)38-28(41)22(17-20-9-2-1-3-10-20)19-26(39)24(14-8-16-36-30(34)35)37-29(42)23(32)18-21-11-4-5-12-21/h1-3,9-10,21-25H,4-8,11-19,31-32H2,(H2,33,40)(H,37,42)(H,38,41)(H4,34,35,36)/t22-,23+,24-,25+/m1/s1. The molecule has 0 heterocycles. The number of hydrogen-bond donors (Lipinski definition) is 7. The fourth-order valence-corrected chi connectivity index (χ4v) is 5.42. The van der Waals surface area contributed by atoms with Crippen molar-refractivity contribution in [3.05, 3.63) is 35.9 Å². The number of carbonyl (C=O) groups excluding carboxylic acids is 4. The van der Waals surface area contributed by atoms with Crippen LogP contribution in [0, 0.1) is 11.8 Å². The zero-order valence-corrected chi connectivity index (χ0v) is 24.6. The summed E-state index contributed by atoms with van der Waals surface area (Å²) in [5.74, 6) is -2.24. The van der Waals surface area contributed by atoms with Crippen molar-refractivity contribution in [3.8, 4) is 0 Å². The van der Waals surface area contributed by atoms with Crippen molar-refractivity contribution in [2.75, 3.05) is 13.1 Å². The lowest BCUT2D eigenvalue weighted by Gasteiger charge is -2.24. The first-order valence-corrected chi connectivity index (χ1v) is 15.1. The average molecular weight is 587 g/mol. The molecule has 0 saturated heterocycles. The lowest BCUT2D eigenvalue weighted by molar-refractivity contribution is -0.133. The van der Waals surface area contributed by atoms with Crippen LogP contribution in [0.3, 0.4) is 0 Å². The van der Waals surface area contributed by atoms with Crippen molar-refractivity contribution < 1.29 is 19.2 Å². The highest BCUT2D eigenvalue weighted by molar-refractivity contribution is 5.94. The summed E-state index contributed by atoms with van der Waals surface area (Å²) in [6, 6.07) is 6.83. The third-order valence-corrected chi connectivity index (χ3v) is 7.80. The largest absolute Gasteiger partial charge is 0.370 e. The van der Waals surface area contributed by atoms with Crippen molar-refractivity contribution in [1.29, 1.82) is 0 Å². The molecular weight excluding hydrogens is 536 g/mol. The van der Waals surface area contributed by atoms with Crippen LogP contribution >= 0.6 is 0 Å². The van der Waals surface area contributed by atoms with Gasteiger partial charge in [0.15, 0.2) is 11.7 Å². The minimum absolute atomic E-state index is 0.0597. The number of carbonyl (C=O) groups is 4. The van der Waals surface area contributed by atoms with Crippen LogP contribution in [0.4, 0.5) is 0 Å². The van der Waals surface area contributed by atoms with Crippen molar-refractivity contribution in [1.82, 2.24) is 10.6 Å². The molecule has 1 fully saturated rings. The van der Waals surface area contributed by atoms with Crippen LogP contribution in [0.2, 0.25) is 0 Å². The van der Waals surface area contributed by atoms with E-state index >= 15 is 0 Å². The highest BCUT2D eigenvalue weighted by Crippen LogP contribution is 2.28. The molecule has 0 aliphatic heterocycles. The fraction of sp³-hybridized carbons (Fsp3) is 0.633. The van der Waals surface area contributed by atoms with Gasteiger partial charge in [-0.2, -0.15) is 0 Å². The highest BCUT2D eigenvalue weighted by atomic mass is 16.2. The van der Waals surface area contributed by atoms with Crippen molar-refractivity contribution in [2.24, 2.45) is 45.5 Å². The number of benzene rings is 1. The van der Waals surface area contributed by atoms with E-state index in [2.05, 4.69) is 15.6 Å². The van der Waals surface area contributed by atoms with Gasteiger partial charge in [-0.25, -0.2) is 0 Å². The number of rotatable bonds is 20. The Hall–Kier alpha value is -3.51. The third kappa shape index (κ3) is 13.0. The first kappa shape index (κ1) is 34.7. The van der Waals surface area contributed by atoms with Crippen LogP contribution in [0.15, 0.2) is 35.3 Å². The third-order valence-electron chi connectivity index (χ3n) is 7.80. The van der Waals surface area contributed by atoms with E-state index < -0.39 is 35.9 Å². The van der Waals surface area contributed by atoms with Gasteiger partial charge in [0.2, 0.25) is 17.7 Å². The Balaban J connectivity index is 2.19. The summed E-state index contributed by atoms with van der Waals surface area (Å²) in [7, 11) is 0. The summed E-state index contributed by atoms with van der Waals surface area (Å²) >= 11 is 0. The number of Topliss-reactive ketones (excluding diaryl/α,β-unsaturated/α-hetero) is 1. The molecule has 4 atom stereocenters. The molecule has 0 bridgehead atoms. The minimum atomic E-state index is -0.874. The fourth-order valence-electron chi connectivity index (χ4n) is 5.42. The molecule has 12 N–H and O–H groups in total. The van der Waals surface area contributed by atoms with Gasteiger partial charge < -0.3 is 39.3 Å². The van der Waals surface area contributed by atoms with Gasteiger partial charge >= 0.3 is 0 Å². The van der Waals surface area contributed by atoms with Gasteiger partial charge in [0.05, 0.1) is 12.1 Å². The molecule has 2 rings (SSSR count). The molecule has 1 saturated carbocycles. The van der Waals surface area contributed by atoms with E-state index in [0.29, 0.717) is 44.6 Å². The summed E-state index contributed by atoms with van der Waals surface area (Å²) in [5.41, 5.74) is 29.1. The second kappa shape index (κ2) is 18.8. The number of hydrogen-bond acceptors (Lipinski definition) is 7. The molecule has 234 valence electrons. The molecule has 42 heavy (non-hydrogen) atoms. The van der Waals surface area contributed by atoms with Crippen LogP contribution in [0.5, 0.6) is 0 Å². The molecule has 0 aromatic heterocycles. The molecule has 3 amide bonds. The van der Waals surface area contributed by atoms with Crippen molar-refractivity contribution in [2.45, 2.75) is 95.2 Å². The van der Waals surface area contributed by atoms with Crippen LogP contribution in [-0.2, 0) is 25.6 Å². The number of unbranched alkanes of at least 4 members (excludes halogenated alkanes) is 1. The van der Waals surface area contributed by atoms with Crippen molar-refractivity contribution in [3.63, 3.8) is 0 Å². The molecule has 0 spiro atoms. The molecule has 1 aliphatic carbocycles. The van der Waals surface area contributed by atoms with Gasteiger partial charge in [0, 0.05) is 18.9 Å². The van der Waals surface area contributed by atoms with Gasteiger partial charge in [-0.1, -0.05) is 56.0 Å². The number of aliphatic imine (C=N–C) groups is 1. The molecule has 1 aromatic carbocycles. The normalized spacial score (nSPS) is 16.1. The summed E-state index contributed by atoms with van der Waals surface area (Å²) in [6.07, 6.45) is 7.44. The SMILES string of the molecule is NCCCC[C@H](NC(=O)[C@@H](CC(=O)[C@@H](CCCN=C(N)N)NC(=O)[C@@H](N)CC1CCCC1)Cc1ccccc1)C(N)=O. The van der Waals surface area contributed by atoms with Crippen LogP contribution in [0.1, 0.15) is 76.2 Å². The first-order valence-electron chi connectivity index (χ1n) is 15.1. The maximum Gasteiger partial charge on any atom is 0.239 e. The van der Waals surface area contributed by atoms with Crippen LogP contribution in [0.25, 0.3) is 0 Å². The van der Waals surface area contributed by atoms with E-state index in [0.717, 1.165) is 31.2 Å². The molecule has 12 nitrogen and oxygen atoms in total. The van der Waals surface area contributed by atoms with Gasteiger partial charge in [-0.05, 0) is 63.0 Å². The van der Waals surface area contributed by atoms with Crippen molar-refractivity contribution >= 4 is 29.5 Å². The highest BCUT2D eigenvalue weighted by Gasteiger charge is 2.31. The maximum atomic E-state index is 13.7. The van der Waals surface area contributed by atoms with E-state index in [1.165, 1.54) is 0 Å². The number of amides is 3. The van der Waals surface area contributed by atoms with Gasteiger partial charge in [0.1, 0.15) is 6.04 Å².